The van der Waals surface area contributed by atoms with Crippen LogP contribution >= 0.6 is 0 Å². The Hall–Kier alpha value is -1.78. The number of nitrogens with one attached hydrogen (secondary N) is 2. The number of carboxylic acid groups (broad SMARTS) is 1. The maximum atomic E-state index is 11.2. The summed E-state index contributed by atoms with van der Waals surface area (Å²) in [4.78, 5) is 24.5. The average Bonchev–Trinajstić information content (AvgIpc) is 2.56. The standard InChI is InChI=1S/C9H12N2O3/c1-6(9(13)14)5-8(12)11-7-3-2-4-10-7/h2-4,6,10H,5H2,1H3,(H,11,12)(H,13,14). The van der Waals surface area contributed by atoms with Crippen molar-refractivity contribution in [3.05, 3.63) is 18.3 Å². The predicted octanol–water partition coefficient (Wildman–Crippen LogP) is 1.06. The van der Waals surface area contributed by atoms with E-state index in [-0.39, 0.29) is 12.3 Å². The monoisotopic (exact) mass is 196 g/mol. The normalized spacial score (nSPS) is 12.1. The number of aliphatic carboxylic acids is 1. The third-order valence-electron chi connectivity index (χ3n) is 1.79. The number of carboxylic acids is 1. The molecule has 0 saturated heterocycles. The summed E-state index contributed by atoms with van der Waals surface area (Å²) < 4.78 is 0. The van der Waals surface area contributed by atoms with Gasteiger partial charge in [-0.25, -0.2) is 0 Å². The first-order valence-corrected chi connectivity index (χ1v) is 4.25. The zero-order valence-corrected chi connectivity index (χ0v) is 7.78. The molecule has 1 amide bonds. The molecule has 3 N–H and O–H groups in total. The van der Waals surface area contributed by atoms with Crippen LogP contribution in [0, 0.1) is 5.92 Å². The number of rotatable bonds is 4. The molecule has 0 aliphatic heterocycles. The van der Waals surface area contributed by atoms with Crippen molar-refractivity contribution in [1.82, 2.24) is 4.98 Å². The van der Waals surface area contributed by atoms with Gasteiger partial charge in [0.1, 0.15) is 5.82 Å². The molecule has 1 aromatic heterocycles. The number of H-pyrrole nitrogens is 1. The Kier molecular flexibility index (Phi) is 3.28. The highest BCUT2D eigenvalue weighted by atomic mass is 16.4. The highest BCUT2D eigenvalue weighted by molar-refractivity contribution is 5.92. The molecular weight excluding hydrogens is 184 g/mol. The molecule has 1 unspecified atom stereocenters. The zero-order chi connectivity index (χ0) is 10.6. The van der Waals surface area contributed by atoms with Crippen molar-refractivity contribution in [3.8, 4) is 0 Å². The topological polar surface area (TPSA) is 82.2 Å². The van der Waals surface area contributed by atoms with E-state index in [0.717, 1.165) is 0 Å². The van der Waals surface area contributed by atoms with Gasteiger partial charge in [-0.1, -0.05) is 6.92 Å². The number of aromatic amines is 1. The summed E-state index contributed by atoms with van der Waals surface area (Å²) in [5.74, 6) is -1.36. The second-order valence-electron chi connectivity index (χ2n) is 3.08. The van der Waals surface area contributed by atoms with Gasteiger partial charge in [0, 0.05) is 12.6 Å². The molecule has 0 aromatic carbocycles. The van der Waals surface area contributed by atoms with Crippen molar-refractivity contribution in [1.29, 1.82) is 0 Å². The van der Waals surface area contributed by atoms with Crippen molar-refractivity contribution in [2.24, 2.45) is 5.92 Å². The Morgan fingerprint density at radius 1 is 1.64 bits per heavy atom. The smallest absolute Gasteiger partial charge is 0.306 e. The van der Waals surface area contributed by atoms with E-state index in [0.29, 0.717) is 5.82 Å². The van der Waals surface area contributed by atoms with Gasteiger partial charge < -0.3 is 15.4 Å². The Labute approximate surface area is 81.1 Å². The van der Waals surface area contributed by atoms with Gasteiger partial charge in [0.25, 0.3) is 0 Å². The molecule has 1 heterocycles. The molecule has 0 fully saturated rings. The third kappa shape index (κ3) is 2.93. The maximum absolute atomic E-state index is 11.2. The lowest BCUT2D eigenvalue weighted by atomic mass is 10.1. The molecule has 76 valence electrons. The molecule has 14 heavy (non-hydrogen) atoms. The van der Waals surface area contributed by atoms with Gasteiger partial charge in [0.2, 0.25) is 5.91 Å². The molecule has 0 saturated carbocycles. The van der Waals surface area contributed by atoms with Crippen molar-refractivity contribution in [2.45, 2.75) is 13.3 Å². The first kappa shape index (κ1) is 10.3. The van der Waals surface area contributed by atoms with Crippen LogP contribution in [0.25, 0.3) is 0 Å². The van der Waals surface area contributed by atoms with Crippen molar-refractivity contribution in [3.63, 3.8) is 0 Å². The molecule has 0 aliphatic carbocycles. The van der Waals surface area contributed by atoms with E-state index in [1.54, 1.807) is 18.3 Å². The summed E-state index contributed by atoms with van der Waals surface area (Å²) in [5, 5.41) is 11.1. The van der Waals surface area contributed by atoms with Crippen LogP contribution in [0.2, 0.25) is 0 Å². The Morgan fingerprint density at radius 2 is 2.36 bits per heavy atom. The number of aromatic nitrogens is 1. The van der Waals surface area contributed by atoms with Crippen LogP contribution in [0.1, 0.15) is 13.3 Å². The molecular formula is C9H12N2O3. The summed E-state index contributed by atoms with van der Waals surface area (Å²) in [6.45, 7) is 1.50. The second-order valence-corrected chi connectivity index (χ2v) is 3.08. The van der Waals surface area contributed by atoms with Crippen molar-refractivity contribution < 1.29 is 14.7 Å². The second kappa shape index (κ2) is 4.45. The lowest BCUT2D eigenvalue weighted by molar-refractivity contribution is -0.142. The van der Waals surface area contributed by atoms with Crippen LogP contribution in [0.4, 0.5) is 5.82 Å². The molecule has 0 aliphatic rings. The van der Waals surface area contributed by atoms with Gasteiger partial charge in [0.05, 0.1) is 5.92 Å². The van der Waals surface area contributed by atoms with E-state index in [2.05, 4.69) is 10.3 Å². The Balaban J connectivity index is 2.40. The van der Waals surface area contributed by atoms with Gasteiger partial charge in [-0.2, -0.15) is 0 Å². The molecule has 5 nitrogen and oxygen atoms in total. The molecule has 0 bridgehead atoms. The molecule has 5 heteroatoms. The van der Waals surface area contributed by atoms with Crippen LogP contribution in [-0.4, -0.2) is 22.0 Å². The van der Waals surface area contributed by atoms with Crippen LogP contribution in [0.5, 0.6) is 0 Å². The van der Waals surface area contributed by atoms with Crippen LogP contribution in [0.15, 0.2) is 18.3 Å². The lowest BCUT2D eigenvalue weighted by Gasteiger charge is -2.05. The molecule has 1 aromatic rings. The fourth-order valence-corrected chi connectivity index (χ4v) is 0.975. The average molecular weight is 196 g/mol. The number of carbonyl (C=O) groups is 2. The fourth-order valence-electron chi connectivity index (χ4n) is 0.975. The van der Waals surface area contributed by atoms with Crippen LogP contribution in [0.3, 0.4) is 0 Å². The molecule has 1 rings (SSSR count). The number of amides is 1. The van der Waals surface area contributed by atoms with Crippen molar-refractivity contribution >= 4 is 17.7 Å². The SMILES string of the molecule is CC(CC(=O)Nc1ccc[nH]1)C(=O)O. The highest BCUT2D eigenvalue weighted by Gasteiger charge is 2.15. The predicted molar refractivity (Wildman–Crippen MR) is 50.8 cm³/mol. The number of anilines is 1. The molecule has 1 atom stereocenters. The summed E-state index contributed by atoms with van der Waals surface area (Å²) in [5.41, 5.74) is 0. The first-order valence-electron chi connectivity index (χ1n) is 4.25. The summed E-state index contributed by atoms with van der Waals surface area (Å²) in [6, 6.07) is 3.44. The Morgan fingerprint density at radius 3 is 2.86 bits per heavy atom. The minimum atomic E-state index is -0.966. The lowest BCUT2D eigenvalue weighted by Crippen LogP contribution is -2.20. The van der Waals surface area contributed by atoms with E-state index in [1.807, 2.05) is 0 Å². The van der Waals surface area contributed by atoms with E-state index in [1.165, 1.54) is 6.92 Å². The van der Waals surface area contributed by atoms with Gasteiger partial charge >= 0.3 is 5.97 Å². The van der Waals surface area contributed by atoms with E-state index in [4.69, 9.17) is 5.11 Å². The summed E-state index contributed by atoms with van der Waals surface area (Å²) in [7, 11) is 0. The highest BCUT2D eigenvalue weighted by Crippen LogP contribution is 2.06. The number of hydrogen-bond donors (Lipinski definition) is 3. The van der Waals surface area contributed by atoms with E-state index in [9.17, 15) is 9.59 Å². The van der Waals surface area contributed by atoms with Gasteiger partial charge in [-0.15, -0.1) is 0 Å². The molecule has 0 spiro atoms. The number of carbonyl (C=O) groups excluding carboxylic acids is 1. The zero-order valence-electron chi connectivity index (χ0n) is 7.78. The quantitative estimate of drug-likeness (QED) is 0.673. The minimum absolute atomic E-state index is 0.0195. The van der Waals surface area contributed by atoms with E-state index >= 15 is 0 Å². The van der Waals surface area contributed by atoms with Crippen LogP contribution < -0.4 is 5.32 Å². The van der Waals surface area contributed by atoms with Crippen LogP contribution in [-0.2, 0) is 9.59 Å². The van der Waals surface area contributed by atoms with Crippen molar-refractivity contribution in [2.75, 3.05) is 5.32 Å². The minimum Gasteiger partial charge on any atom is -0.481 e. The maximum Gasteiger partial charge on any atom is 0.306 e. The van der Waals surface area contributed by atoms with Gasteiger partial charge in [-0.05, 0) is 12.1 Å². The fraction of sp³-hybridized carbons (Fsp3) is 0.333. The molecule has 0 radical (unpaired) electrons. The largest absolute Gasteiger partial charge is 0.481 e. The number of hydrogen-bond acceptors (Lipinski definition) is 2. The summed E-state index contributed by atoms with van der Waals surface area (Å²) >= 11 is 0. The van der Waals surface area contributed by atoms with Gasteiger partial charge in [-0.3, -0.25) is 9.59 Å². The van der Waals surface area contributed by atoms with E-state index < -0.39 is 11.9 Å². The third-order valence-corrected chi connectivity index (χ3v) is 1.79. The first-order chi connectivity index (χ1) is 6.59. The van der Waals surface area contributed by atoms with Gasteiger partial charge in [0.15, 0.2) is 0 Å². The summed E-state index contributed by atoms with van der Waals surface area (Å²) in [6.07, 6.45) is 1.66. The Bertz CT molecular complexity index is 319.